The molecule has 2 aromatic rings. The van der Waals surface area contributed by atoms with Crippen molar-refractivity contribution in [3.05, 3.63) is 57.8 Å². The zero-order valence-electron chi connectivity index (χ0n) is 12.1. The van der Waals surface area contributed by atoms with E-state index in [-0.39, 0.29) is 0 Å². The number of rotatable bonds is 4. The third kappa shape index (κ3) is 3.13. The van der Waals surface area contributed by atoms with Crippen molar-refractivity contribution in [2.75, 3.05) is 0 Å². The average molecular weight is 285 g/mol. The lowest BCUT2D eigenvalue weighted by Gasteiger charge is -2.33. The van der Waals surface area contributed by atoms with Crippen LogP contribution in [0.3, 0.4) is 0 Å². The molecule has 1 N–H and O–H groups in total. The van der Waals surface area contributed by atoms with Gasteiger partial charge in [-0.1, -0.05) is 43.2 Å². The lowest BCUT2D eigenvalue weighted by Crippen LogP contribution is -2.36. The van der Waals surface area contributed by atoms with E-state index in [1.165, 1.54) is 42.4 Å². The van der Waals surface area contributed by atoms with E-state index in [0.717, 1.165) is 6.54 Å². The molecule has 1 saturated carbocycles. The van der Waals surface area contributed by atoms with Crippen molar-refractivity contribution in [2.24, 2.45) is 0 Å². The van der Waals surface area contributed by atoms with E-state index < -0.39 is 0 Å². The predicted octanol–water partition coefficient (Wildman–Crippen LogP) is 4.87. The third-order valence-electron chi connectivity index (χ3n) is 4.51. The Bertz CT molecular complexity index is 531. The van der Waals surface area contributed by atoms with Gasteiger partial charge in [0.1, 0.15) is 0 Å². The Balaban J connectivity index is 1.68. The van der Waals surface area contributed by atoms with Crippen LogP contribution in [0.5, 0.6) is 0 Å². The third-order valence-corrected chi connectivity index (χ3v) is 5.42. The van der Waals surface area contributed by atoms with Gasteiger partial charge in [-0.25, -0.2) is 0 Å². The summed E-state index contributed by atoms with van der Waals surface area (Å²) in [7, 11) is 0. The largest absolute Gasteiger partial charge is 0.309 e. The summed E-state index contributed by atoms with van der Waals surface area (Å²) >= 11 is 1.81. The van der Waals surface area contributed by atoms with Crippen LogP contribution in [0.15, 0.2) is 41.1 Å². The first-order valence-electron chi connectivity index (χ1n) is 7.64. The maximum atomic E-state index is 3.82. The van der Waals surface area contributed by atoms with Crippen molar-refractivity contribution >= 4 is 11.3 Å². The van der Waals surface area contributed by atoms with Gasteiger partial charge in [-0.15, -0.1) is 0 Å². The van der Waals surface area contributed by atoms with E-state index in [4.69, 9.17) is 0 Å². The van der Waals surface area contributed by atoms with Crippen molar-refractivity contribution in [3.63, 3.8) is 0 Å². The van der Waals surface area contributed by atoms with E-state index in [1.54, 1.807) is 0 Å². The number of thiophene rings is 1. The lowest BCUT2D eigenvalue weighted by atomic mass is 9.80. The van der Waals surface area contributed by atoms with Gasteiger partial charge in [0.2, 0.25) is 0 Å². The fourth-order valence-corrected chi connectivity index (χ4v) is 4.14. The molecule has 3 rings (SSSR count). The van der Waals surface area contributed by atoms with Crippen LogP contribution in [-0.2, 0) is 6.54 Å². The summed E-state index contributed by atoms with van der Waals surface area (Å²) in [6, 6.07) is 11.7. The topological polar surface area (TPSA) is 12.0 Å². The van der Waals surface area contributed by atoms with Gasteiger partial charge in [0.15, 0.2) is 0 Å². The average Bonchev–Trinajstić information content (AvgIpc) is 2.92. The Labute approximate surface area is 126 Å². The van der Waals surface area contributed by atoms with E-state index in [1.807, 2.05) is 11.3 Å². The summed E-state index contributed by atoms with van der Waals surface area (Å²) in [6.45, 7) is 3.23. The van der Waals surface area contributed by atoms with E-state index >= 15 is 0 Å². The standard InChI is InChI=1S/C18H23NS/c1-14-12-20-13-16(14)11-19-18-10-6-5-9-17(18)15-7-3-2-4-8-15/h2-4,7-8,12-13,17-19H,5-6,9-11H2,1H3. The summed E-state index contributed by atoms with van der Waals surface area (Å²) in [6.07, 6.45) is 5.37. The molecule has 1 nitrogen and oxygen atoms in total. The molecule has 0 bridgehead atoms. The minimum atomic E-state index is 0.630. The minimum Gasteiger partial charge on any atom is -0.309 e. The van der Waals surface area contributed by atoms with Gasteiger partial charge in [0.05, 0.1) is 0 Å². The second-order valence-electron chi connectivity index (χ2n) is 5.87. The molecule has 1 aliphatic carbocycles. The van der Waals surface area contributed by atoms with Gasteiger partial charge in [-0.2, -0.15) is 11.3 Å². The van der Waals surface area contributed by atoms with Crippen LogP contribution in [0, 0.1) is 6.92 Å². The molecule has 0 spiro atoms. The zero-order valence-corrected chi connectivity index (χ0v) is 13.0. The first kappa shape index (κ1) is 13.8. The van der Waals surface area contributed by atoms with Crippen LogP contribution in [0.2, 0.25) is 0 Å². The first-order valence-corrected chi connectivity index (χ1v) is 8.59. The molecule has 106 valence electrons. The molecular formula is C18H23NS. The highest BCUT2D eigenvalue weighted by molar-refractivity contribution is 7.08. The fourth-order valence-electron chi connectivity index (χ4n) is 3.28. The fraction of sp³-hybridized carbons (Fsp3) is 0.444. The Hall–Kier alpha value is -1.12. The van der Waals surface area contributed by atoms with Gasteiger partial charge < -0.3 is 5.32 Å². The van der Waals surface area contributed by atoms with Crippen LogP contribution < -0.4 is 5.32 Å². The highest BCUT2D eigenvalue weighted by Gasteiger charge is 2.25. The predicted molar refractivity (Wildman–Crippen MR) is 87.3 cm³/mol. The molecule has 1 heterocycles. The van der Waals surface area contributed by atoms with Crippen LogP contribution >= 0.6 is 11.3 Å². The van der Waals surface area contributed by atoms with Gasteiger partial charge in [0, 0.05) is 12.6 Å². The monoisotopic (exact) mass is 285 g/mol. The molecule has 1 aliphatic rings. The minimum absolute atomic E-state index is 0.630. The molecule has 0 aliphatic heterocycles. The quantitative estimate of drug-likeness (QED) is 0.845. The maximum absolute atomic E-state index is 3.82. The Morgan fingerprint density at radius 2 is 1.90 bits per heavy atom. The summed E-state index contributed by atoms with van der Waals surface area (Å²) in [5.74, 6) is 0.684. The van der Waals surface area contributed by atoms with Crippen molar-refractivity contribution in [2.45, 2.75) is 51.1 Å². The van der Waals surface area contributed by atoms with Crippen molar-refractivity contribution in [3.8, 4) is 0 Å². The highest BCUT2D eigenvalue weighted by atomic mass is 32.1. The summed E-state index contributed by atoms with van der Waals surface area (Å²) < 4.78 is 0. The van der Waals surface area contributed by atoms with Crippen molar-refractivity contribution in [1.29, 1.82) is 0 Å². The number of aryl methyl sites for hydroxylation is 1. The van der Waals surface area contributed by atoms with Gasteiger partial charge in [-0.3, -0.25) is 0 Å². The second kappa shape index (κ2) is 6.55. The van der Waals surface area contributed by atoms with Gasteiger partial charge >= 0.3 is 0 Å². The molecule has 1 aromatic carbocycles. The molecular weight excluding hydrogens is 262 g/mol. The van der Waals surface area contributed by atoms with Crippen LogP contribution in [0.1, 0.15) is 48.3 Å². The molecule has 1 aromatic heterocycles. The van der Waals surface area contributed by atoms with E-state index in [0.29, 0.717) is 12.0 Å². The first-order chi connectivity index (χ1) is 9.84. The van der Waals surface area contributed by atoms with E-state index in [2.05, 4.69) is 53.3 Å². The molecule has 2 heteroatoms. The SMILES string of the molecule is Cc1cscc1CNC1CCCCC1c1ccccc1. The van der Waals surface area contributed by atoms with Crippen LogP contribution in [0.25, 0.3) is 0 Å². The van der Waals surface area contributed by atoms with Crippen molar-refractivity contribution < 1.29 is 0 Å². The molecule has 2 atom stereocenters. The summed E-state index contributed by atoms with van der Waals surface area (Å²) in [5, 5.41) is 8.34. The number of hydrogen-bond donors (Lipinski definition) is 1. The van der Waals surface area contributed by atoms with Gasteiger partial charge in [-0.05, 0) is 53.1 Å². The van der Waals surface area contributed by atoms with Crippen molar-refractivity contribution in [1.82, 2.24) is 5.32 Å². The normalized spacial score (nSPS) is 22.9. The van der Waals surface area contributed by atoms with Crippen LogP contribution in [0.4, 0.5) is 0 Å². The van der Waals surface area contributed by atoms with Gasteiger partial charge in [0.25, 0.3) is 0 Å². The zero-order chi connectivity index (χ0) is 13.8. The molecule has 0 radical (unpaired) electrons. The molecule has 20 heavy (non-hydrogen) atoms. The Morgan fingerprint density at radius 1 is 1.10 bits per heavy atom. The molecule has 2 unspecified atom stereocenters. The second-order valence-corrected chi connectivity index (χ2v) is 6.61. The van der Waals surface area contributed by atoms with E-state index in [9.17, 15) is 0 Å². The summed E-state index contributed by atoms with van der Waals surface area (Å²) in [4.78, 5) is 0. The number of hydrogen-bond acceptors (Lipinski definition) is 2. The van der Waals surface area contributed by atoms with Crippen LogP contribution in [-0.4, -0.2) is 6.04 Å². The Kier molecular flexibility index (Phi) is 4.54. The molecule has 0 amide bonds. The summed E-state index contributed by atoms with van der Waals surface area (Å²) in [5.41, 5.74) is 4.40. The number of benzene rings is 1. The lowest BCUT2D eigenvalue weighted by molar-refractivity contribution is 0.326. The smallest absolute Gasteiger partial charge is 0.0219 e. The Morgan fingerprint density at radius 3 is 2.65 bits per heavy atom. The number of nitrogens with one attached hydrogen (secondary N) is 1. The molecule has 1 fully saturated rings. The maximum Gasteiger partial charge on any atom is 0.0219 e. The highest BCUT2D eigenvalue weighted by Crippen LogP contribution is 2.33. The molecule has 0 saturated heterocycles.